The van der Waals surface area contributed by atoms with Gasteiger partial charge in [-0.3, -0.25) is 0 Å². The summed E-state index contributed by atoms with van der Waals surface area (Å²) in [6, 6.07) is 5.94. The van der Waals surface area contributed by atoms with Crippen molar-refractivity contribution in [1.82, 2.24) is 19.1 Å². The van der Waals surface area contributed by atoms with Crippen LogP contribution in [-0.2, 0) is 6.54 Å². The molecule has 3 rings (SSSR count). The van der Waals surface area contributed by atoms with E-state index >= 15 is 0 Å². The van der Waals surface area contributed by atoms with Crippen LogP contribution in [0.4, 0.5) is 0 Å². The van der Waals surface area contributed by atoms with Gasteiger partial charge in [-0.15, -0.1) is 24.8 Å². The van der Waals surface area contributed by atoms with Crippen LogP contribution >= 0.6 is 36.4 Å². The quantitative estimate of drug-likeness (QED) is 0.721. The molecular weight excluding hydrogens is 331 g/mol. The Balaban J connectivity index is 0.00000110. The largest absolute Gasteiger partial charge is 0.331 e. The van der Waals surface area contributed by atoms with Crippen LogP contribution in [0.15, 0.2) is 49.4 Å². The molecule has 0 saturated heterocycles. The molecule has 1 aromatic carbocycles. The lowest BCUT2D eigenvalue weighted by Gasteiger charge is -2.04. The first-order valence-corrected chi connectivity index (χ1v) is 6.35. The van der Waals surface area contributed by atoms with Gasteiger partial charge in [0.05, 0.1) is 24.9 Å². The fourth-order valence-electron chi connectivity index (χ4n) is 1.94. The van der Waals surface area contributed by atoms with Crippen molar-refractivity contribution < 1.29 is 0 Å². The van der Waals surface area contributed by atoms with Gasteiger partial charge in [-0.05, 0) is 30.7 Å². The Morgan fingerprint density at radius 3 is 2.67 bits per heavy atom. The first-order chi connectivity index (χ1) is 9.22. The zero-order valence-corrected chi connectivity index (χ0v) is 13.7. The molecule has 0 fully saturated rings. The van der Waals surface area contributed by atoms with Gasteiger partial charge in [-0.25, -0.2) is 9.97 Å². The monoisotopic (exact) mass is 344 g/mol. The fourth-order valence-corrected chi connectivity index (χ4v) is 2.06. The van der Waals surface area contributed by atoms with Crippen molar-refractivity contribution in [3.63, 3.8) is 0 Å². The molecule has 2 aromatic heterocycles. The van der Waals surface area contributed by atoms with Crippen molar-refractivity contribution in [3.05, 3.63) is 65.7 Å². The molecule has 112 valence electrons. The Labute approximate surface area is 140 Å². The number of rotatable bonds is 3. The minimum absolute atomic E-state index is 0. The van der Waals surface area contributed by atoms with Gasteiger partial charge in [-0.2, -0.15) is 0 Å². The summed E-state index contributed by atoms with van der Waals surface area (Å²) in [5.74, 6) is 0. The first-order valence-electron chi connectivity index (χ1n) is 5.97. The highest BCUT2D eigenvalue weighted by Crippen LogP contribution is 2.19. The highest BCUT2D eigenvalue weighted by Gasteiger charge is 2.03. The topological polar surface area (TPSA) is 35.6 Å². The molecule has 4 nitrogen and oxygen atoms in total. The van der Waals surface area contributed by atoms with Gasteiger partial charge in [0, 0.05) is 29.3 Å². The van der Waals surface area contributed by atoms with Crippen molar-refractivity contribution in [2.75, 3.05) is 0 Å². The van der Waals surface area contributed by atoms with E-state index < -0.39 is 0 Å². The molecule has 7 heteroatoms. The van der Waals surface area contributed by atoms with Gasteiger partial charge in [0.2, 0.25) is 0 Å². The van der Waals surface area contributed by atoms with Gasteiger partial charge in [0.25, 0.3) is 0 Å². The fraction of sp³-hybridized carbons (Fsp3) is 0.143. The average Bonchev–Trinajstić information content (AvgIpc) is 3.05. The van der Waals surface area contributed by atoms with Crippen LogP contribution in [0.1, 0.15) is 11.3 Å². The van der Waals surface area contributed by atoms with Crippen molar-refractivity contribution in [1.29, 1.82) is 0 Å². The Kier molecular flexibility index (Phi) is 6.27. The second-order valence-electron chi connectivity index (χ2n) is 4.44. The molecule has 0 aliphatic heterocycles. The summed E-state index contributed by atoms with van der Waals surface area (Å²) in [6.45, 7) is 2.72. The normalized spacial score (nSPS) is 9.81. The maximum Gasteiger partial charge on any atom is 0.0996 e. The molecular formula is C14H15Cl3N4. The van der Waals surface area contributed by atoms with Crippen LogP contribution in [-0.4, -0.2) is 19.1 Å². The van der Waals surface area contributed by atoms with E-state index in [9.17, 15) is 0 Å². The predicted octanol–water partition coefficient (Wildman–Crippen LogP) is 3.92. The lowest BCUT2D eigenvalue weighted by Crippen LogP contribution is -1.96. The van der Waals surface area contributed by atoms with Crippen molar-refractivity contribution in [2.45, 2.75) is 13.5 Å². The molecule has 21 heavy (non-hydrogen) atoms. The number of hydrogen-bond donors (Lipinski definition) is 0. The molecule has 0 unspecified atom stereocenters. The van der Waals surface area contributed by atoms with E-state index in [0.717, 1.165) is 28.5 Å². The van der Waals surface area contributed by atoms with Crippen molar-refractivity contribution >= 4 is 36.4 Å². The lowest BCUT2D eigenvalue weighted by molar-refractivity contribution is 0.778. The number of aromatic nitrogens is 4. The second-order valence-corrected chi connectivity index (χ2v) is 4.85. The van der Waals surface area contributed by atoms with E-state index in [1.54, 1.807) is 12.5 Å². The Bertz CT molecular complexity index is 692. The summed E-state index contributed by atoms with van der Waals surface area (Å²) in [7, 11) is 0. The third-order valence-electron chi connectivity index (χ3n) is 2.98. The lowest BCUT2D eigenvalue weighted by atomic mass is 10.2. The van der Waals surface area contributed by atoms with E-state index in [1.165, 1.54) is 0 Å². The minimum Gasteiger partial charge on any atom is -0.331 e. The summed E-state index contributed by atoms with van der Waals surface area (Å²) in [4.78, 5) is 8.42. The van der Waals surface area contributed by atoms with Gasteiger partial charge >= 0.3 is 0 Å². The van der Waals surface area contributed by atoms with Crippen LogP contribution < -0.4 is 0 Å². The minimum atomic E-state index is 0. The van der Waals surface area contributed by atoms with Crippen LogP contribution in [0.3, 0.4) is 0 Å². The van der Waals surface area contributed by atoms with Gasteiger partial charge in [0.15, 0.2) is 0 Å². The van der Waals surface area contributed by atoms with Gasteiger partial charge < -0.3 is 9.13 Å². The molecule has 0 saturated carbocycles. The van der Waals surface area contributed by atoms with Crippen LogP contribution in [0.25, 0.3) is 5.69 Å². The standard InChI is InChI=1S/C14H13ClN4.2ClH/c1-11-6-13(2-3-14(11)15)19-8-12(17-10-19)7-18-5-4-16-9-18;;/h2-6,8-10H,7H2,1H3;2*1H. The summed E-state index contributed by atoms with van der Waals surface area (Å²) in [6.07, 6.45) is 9.30. The zero-order valence-electron chi connectivity index (χ0n) is 11.3. The smallest absolute Gasteiger partial charge is 0.0996 e. The maximum atomic E-state index is 6.03. The number of halogens is 3. The van der Waals surface area contributed by atoms with E-state index in [0.29, 0.717) is 0 Å². The number of nitrogens with zero attached hydrogens (tertiary/aromatic N) is 4. The molecule has 0 atom stereocenters. The van der Waals surface area contributed by atoms with E-state index in [1.807, 2.05) is 53.0 Å². The summed E-state index contributed by atoms with van der Waals surface area (Å²) in [5, 5.41) is 0.780. The predicted molar refractivity (Wildman–Crippen MR) is 89.1 cm³/mol. The molecule has 0 spiro atoms. The van der Waals surface area contributed by atoms with Crippen molar-refractivity contribution in [2.24, 2.45) is 0 Å². The summed E-state index contributed by atoms with van der Waals surface area (Å²) >= 11 is 6.03. The zero-order chi connectivity index (χ0) is 13.2. The Morgan fingerprint density at radius 1 is 1.19 bits per heavy atom. The maximum absolute atomic E-state index is 6.03. The number of aryl methyl sites for hydroxylation is 1. The van der Waals surface area contributed by atoms with Crippen LogP contribution in [0.5, 0.6) is 0 Å². The second kappa shape index (κ2) is 7.50. The molecule has 0 radical (unpaired) electrons. The van der Waals surface area contributed by atoms with E-state index in [4.69, 9.17) is 11.6 Å². The number of hydrogen-bond acceptors (Lipinski definition) is 2. The van der Waals surface area contributed by atoms with E-state index in [2.05, 4.69) is 9.97 Å². The SMILES string of the molecule is Cc1cc(-n2cnc(Cn3ccnc3)c2)ccc1Cl.Cl.Cl. The summed E-state index contributed by atoms with van der Waals surface area (Å²) in [5.41, 5.74) is 3.11. The Hall–Kier alpha value is -1.49. The van der Waals surface area contributed by atoms with E-state index in [-0.39, 0.29) is 24.8 Å². The molecule has 0 amide bonds. The molecule has 2 heterocycles. The molecule has 3 aromatic rings. The highest BCUT2D eigenvalue weighted by atomic mass is 35.5. The average molecular weight is 346 g/mol. The van der Waals surface area contributed by atoms with Gasteiger partial charge in [-0.1, -0.05) is 11.6 Å². The molecule has 0 N–H and O–H groups in total. The van der Waals surface area contributed by atoms with Crippen molar-refractivity contribution in [3.8, 4) is 5.69 Å². The third-order valence-corrected chi connectivity index (χ3v) is 3.40. The Morgan fingerprint density at radius 2 is 2.00 bits per heavy atom. The number of imidazole rings is 2. The molecule has 0 aliphatic rings. The molecule has 0 bridgehead atoms. The van der Waals surface area contributed by atoms with Crippen LogP contribution in [0.2, 0.25) is 5.02 Å². The third kappa shape index (κ3) is 4.00. The highest BCUT2D eigenvalue weighted by molar-refractivity contribution is 6.31. The summed E-state index contributed by atoms with van der Waals surface area (Å²) < 4.78 is 3.98. The van der Waals surface area contributed by atoms with Crippen LogP contribution in [0, 0.1) is 6.92 Å². The first kappa shape index (κ1) is 17.6. The number of benzene rings is 1. The van der Waals surface area contributed by atoms with Gasteiger partial charge in [0.1, 0.15) is 0 Å². The molecule has 0 aliphatic carbocycles.